The van der Waals surface area contributed by atoms with Gasteiger partial charge in [0, 0.05) is 30.7 Å². The quantitative estimate of drug-likeness (QED) is 0.832. The number of rotatable bonds is 3. The largest absolute Gasteiger partial charge is 0.314 e. The summed E-state index contributed by atoms with van der Waals surface area (Å²) >= 11 is 1.70. The lowest BCUT2D eigenvalue weighted by Gasteiger charge is -1.93. The average Bonchev–Trinajstić information content (AvgIpc) is 2.68. The lowest BCUT2D eigenvalue weighted by molar-refractivity contribution is 0.810. The van der Waals surface area contributed by atoms with Crippen molar-refractivity contribution in [3.8, 4) is 10.4 Å². The second kappa shape index (κ2) is 4.30. The van der Waals surface area contributed by atoms with Crippen LogP contribution in [0.2, 0.25) is 0 Å². The van der Waals surface area contributed by atoms with Crippen LogP contribution in [-0.2, 0) is 6.54 Å². The molecular formula is C10H11N3S. The summed E-state index contributed by atoms with van der Waals surface area (Å²) in [6.07, 6.45) is 5.53. The maximum atomic E-state index is 4.31. The number of nitrogens with one attached hydrogen (secondary N) is 1. The van der Waals surface area contributed by atoms with Gasteiger partial charge in [0.25, 0.3) is 0 Å². The molecule has 14 heavy (non-hydrogen) atoms. The van der Waals surface area contributed by atoms with Gasteiger partial charge >= 0.3 is 0 Å². The maximum absolute atomic E-state index is 4.31. The van der Waals surface area contributed by atoms with Gasteiger partial charge in [-0.25, -0.2) is 4.98 Å². The summed E-state index contributed by atoms with van der Waals surface area (Å²) in [6.45, 7) is 0.824. The van der Waals surface area contributed by atoms with Gasteiger partial charge in [-0.2, -0.15) is 0 Å². The van der Waals surface area contributed by atoms with E-state index in [1.165, 1.54) is 4.88 Å². The predicted molar refractivity (Wildman–Crippen MR) is 58.1 cm³/mol. The molecule has 2 aromatic heterocycles. The van der Waals surface area contributed by atoms with E-state index in [-0.39, 0.29) is 0 Å². The number of aromatic nitrogens is 2. The second-order valence-electron chi connectivity index (χ2n) is 2.89. The summed E-state index contributed by atoms with van der Waals surface area (Å²) < 4.78 is 0. The maximum Gasteiger partial charge on any atom is 0.107 e. The van der Waals surface area contributed by atoms with Crippen molar-refractivity contribution in [3.05, 3.63) is 35.7 Å². The third-order valence-corrected chi connectivity index (χ3v) is 2.87. The highest BCUT2D eigenvalue weighted by Crippen LogP contribution is 2.24. The highest BCUT2D eigenvalue weighted by atomic mass is 32.1. The standard InChI is InChI=1S/C10H11N3S/c1-11-7-10-13-6-9(14-10)8-3-2-4-12-5-8/h2-6,11H,7H2,1H3. The van der Waals surface area contributed by atoms with Crippen molar-refractivity contribution in [1.82, 2.24) is 15.3 Å². The molecule has 0 aliphatic rings. The third kappa shape index (κ3) is 1.97. The summed E-state index contributed by atoms with van der Waals surface area (Å²) in [6, 6.07) is 3.98. The molecule has 0 saturated heterocycles. The van der Waals surface area contributed by atoms with Crippen LogP contribution in [0.3, 0.4) is 0 Å². The van der Waals surface area contributed by atoms with Crippen molar-refractivity contribution in [2.24, 2.45) is 0 Å². The van der Waals surface area contributed by atoms with Gasteiger partial charge in [0.15, 0.2) is 0 Å². The lowest BCUT2D eigenvalue weighted by atomic mass is 10.3. The first-order valence-corrected chi connectivity index (χ1v) is 5.21. The molecule has 2 aromatic rings. The Labute approximate surface area is 86.8 Å². The Kier molecular flexibility index (Phi) is 2.86. The highest BCUT2D eigenvalue weighted by Gasteiger charge is 2.02. The number of hydrogen-bond acceptors (Lipinski definition) is 4. The average molecular weight is 205 g/mol. The number of hydrogen-bond donors (Lipinski definition) is 1. The zero-order valence-corrected chi connectivity index (χ0v) is 8.71. The summed E-state index contributed by atoms with van der Waals surface area (Å²) in [5, 5.41) is 4.18. The van der Waals surface area contributed by atoms with Crippen molar-refractivity contribution in [2.75, 3.05) is 7.05 Å². The Morgan fingerprint density at radius 2 is 2.36 bits per heavy atom. The molecule has 4 heteroatoms. The van der Waals surface area contributed by atoms with E-state index in [0.29, 0.717) is 0 Å². The van der Waals surface area contributed by atoms with E-state index in [4.69, 9.17) is 0 Å². The van der Waals surface area contributed by atoms with Crippen LogP contribution in [0.4, 0.5) is 0 Å². The van der Waals surface area contributed by atoms with Gasteiger partial charge < -0.3 is 5.32 Å². The smallest absolute Gasteiger partial charge is 0.107 e. The van der Waals surface area contributed by atoms with Crippen LogP contribution in [-0.4, -0.2) is 17.0 Å². The number of nitrogens with zero attached hydrogens (tertiary/aromatic N) is 2. The van der Waals surface area contributed by atoms with Crippen molar-refractivity contribution in [2.45, 2.75) is 6.54 Å². The van der Waals surface area contributed by atoms with Crippen LogP contribution in [0.15, 0.2) is 30.7 Å². The summed E-state index contributed by atoms with van der Waals surface area (Å²) in [5.41, 5.74) is 1.13. The van der Waals surface area contributed by atoms with Gasteiger partial charge in [0.1, 0.15) is 5.01 Å². The fourth-order valence-electron chi connectivity index (χ4n) is 1.19. The first kappa shape index (κ1) is 9.30. The molecule has 2 heterocycles. The molecule has 0 atom stereocenters. The lowest BCUT2D eigenvalue weighted by Crippen LogP contribution is -2.03. The molecule has 0 amide bonds. The predicted octanol–water partition coefficient (Wildman–Crippen LogP) is 1.92. The number of thiazole rings is 1. The molecule has 1 N–H and O–H groups in total. The van der Waals surface area contributed by atoms with Crippen molar-refractivity contribution < 1.29 is 0 Å². The van der Waals surface area contributed by atoms with Crippen LogP contribution in [0.25, 0.3) is 10.4 Å². The molecule has 0 radical (unpaired) electrons. The minimum absolute atomic E-state index is 0.824. The van der Waals surface area contributed by atoms with Gasteiger partial charge in [-0.15, -0.1) is 11.3 Å². The Hall–Kier alpha value is -1.26. The third-order valence-electron chi connectivity index (χ3n) is 1.83. The molecule has 72 valence electrons. The molecule has 0 aliphatic heterocycles. The molecule has 0 aromatic carbocycles. The monoisotopic (exact) mass is 205 g/mol. The molecule has 3 nitrogen and oxygen atoms in total. The van der Waals surface area contributed by atoms with Crippen LogP contribution in [0.5, 0.6) is 0 Å². The van der Waals surface area contributed by atoms with E-state index >= 15 is 0 Å². The van der Waals surface area contributed by atoms with Crippen LogP contribution in [0.1, 0.15) is 5.01 Å². The Balaban J connectivity index is 2.25. The fraction of sp³-hybridized carbons (Fsp3) is 0.200. The van der Waals surface area contributed by atoms with Crippen molar-refractivity contribution >= 4 is 11.3 Å². The molecule has 0 saturated carbocycles. The number of pyridine rings is 1. The first-order chi connectivity index (χ1) is 6.90. The Bertz CT molecular complexity index is 397. The topological polar surface area (TPSA) is 37.8 Å². The van der Waals surface area contributed by atoms with Gasteiger partial charge in [-0.1, -0.05) is 6.07 Å². The summed E-state index contributed by atoms with van der Waals surface area (Å²) in [7, 11) is 1.92. The van der Waals surface area contributed by atoms with Gasteiger partial charge in [-0.3, -0.25) is 4.98 Å². The first-order valence-electron chi connectivity index (χ1n) is 4.40. The second-order valence-corrected chi connectivity index (χ2v) is 4.01. The van der Waals surface area contributed by atoms with Gasteiger partial charge in [-0.05, 0) is 13.1 Å². The van der Waals surface area contributed by atoms with E-state index in [1.807, 2.05) is 31.6 Å². The van der Waals surface area contributed by atoms with E-state index in [1.54, 1.807) is 17.5 Å². The zero-order chi connectivity index (χ0) is 9.80. The molecule has 2 rings (SSSR count). The van der Waals surface area contributed by atoms with Crippen molar-refractivity contribution in [3.63, 3.8) is 0 Å². The summed E-state index contributed by atoms with van der Waals surface area (Å²) in [5.74, 6) is 0. The summed E-state index contributed by atoms with van der Waals surface area (Å²) in [4.78, 5) is 9.56. The molecule has 0 bridgehead atoms. The van der Waals surface area contributed by atoms with Crippen LogP contribution >= 0.6 is 11.3 Å². The Morgan fingerprint density at radius 1 is 1.43 bits per heavy atom. The minimum atomic E-state index is 0.824. The van der Waals surface area contributed by atoms with Gasteiger partial charge in [0.05, 0.1) is 4.88 Å². The fourth-order valence-corrected chi connectivity index (χ4v) is 2.10. The SMILES string of the molecule is CNCc1ncc(-c2cccnc2)s1. The van der Waals surface area contributed by atoms with Crippen LogP contribution in [0, 0.1) is 0 Å². The molecular weight excluding hydrogens is 194 g/mol. The molecule has 0 spiro atoms. The van der Waals surface area contributed by atoms with E-state index in [0.717, 1.165) is 17.1 Å². The zero-order valence-electron chi connectivity index (χ0n) is 7.90. The Morgan fingerprint density at radius 3 is 3.07 bits per heavy atom. The van der Waals surface area contributed by atoms with E-state index in [2.05, 4.69) is 15.3 Å². The molecule has 0 unspecified atom stereocenters. The van der Waals surface area contributed by atoms with E-state index < -0.39 is 0 Å². The highest BCUT2D eigenvalue weighted by molar-refractivity contribution is 7.15. The van der Waals surface area contributed by atoms with Gasteiger partial charge in [0.2, 0.25) is 0 Å². The van der Waals surface area contributed by atoms with E-state index in [9.17, 15) is 0 Å². The van der Waals surface area contributed by atoms with Crippen LogP contribution < -0.4 is 5.32 Å². The molecule has 0 aliphatic carbocycles. The minimum Gasteiger partial charge on any atom is -0.314 e. The normalized spacial score (nSPS) is 10.4. The van der Waals surface area contributed by atoms with Crippen molar-refractivity contribution in [1.29, 1.82) is 0 Å². The molecule has 0 fully saturated rings.